The molecule has 1 unspecified atom stereocenters. The molecule has 3 heterocycles. The summed E-state index contributed by atoms with van der Waals surface area (Å²) in [5.74, 6) is -0.308. The van der Waals surface area contributed by atoms with Gasteiger partial charge in [-0.3, -0.25) is 14.6 Å². The van der Waals surface area contributed by atoms with Crippen LogP contribution < -0.4 is 9.47 Å². The van der Waals surface area contributed by atoms with Gasteiger partial charge in [-0.1, -0.05) is 12.8 Å². The van der Waals surface area contributed by atoms with E-state index in [1.54, 1.807) is 47.6 Å². The summed E-state index contributed by atoms with van der Waals surface area (Å²) >= 11 is 0. The van der Waals surface area contributed by atoms with Gasteiger partial charge in [0, 0.05) is 24.0 Å². The molecule has 1 atom stereocenters. The van der Waals surface area contributed by atoms with Gasteiger partial charge in [-0.15, -0.1) is 0 Å². The minimum atomic E-state index is -0.656. The number of fused-ring (bicyclic) bond motifs is 1. The highest BCUT2D eigenvalue weighted by Gasteiger charge is 2.49. The second-order valence-corrected chi connectivity index (χ2v) is 7.78. The second-order valence-electron chi connectivity index (χ2n) is 7.78. The lowest BCUT2D eigenvalue weighted by atomic mass is 9.95. The van der Waals surface area contributed by atoms with Crippen LogP contribution in [0.15, 0.2) is 48.3 Å². The number of ether oxygens (including phenoxy) is 2. The van der Waals surface area contributed by atoms with Gasteiger partial charge in [-0.25, -0.2) is 0 Å². The van der Waals surface area contributed by atoms with Gasteiger partial charge in [0.2, 0.25) is 0 Å². The number of carbonyl (C=O) groups is 2. The van der Waals surface area contributed by atoms with Gasteiger partial charge in [0.15, 0.2) is 11.5 Å². The molecule has 1 N–H and O–H groups in total. The van der Waals surface area contributed by atoms with E-state index >= 15 is 0 Å². The van der Waals surface area contributed by atoms with Crippen molar-refractivity contribution in [3.63, 3.8) is 0 Å². The summed E-state index contributed by atoms with van der Waals surface area (Å²) in [6.45, 7) is 0.882. The van der Waals surface area contributed by atoms with Crippen LogP contribution in [0.4, 0.5) is 0 Å². The largest absolute Gasteiger partial charge is 0.507 e. The molecule has 1 saturated carbocycles. The quantitative estimate of drug-likeness (QED) is 0.478. The zero-order chi connectivity index (χ0) is 20.7. The topological polar surface area (TPSA) is 89.0 Å². The highest BCUT2D eigenvalue weighted by Crippen LogP contribution is 2.44. The highest BCUT2D eigenvalue weighted by molar-refractivity contribution is 6.46. The number of Topliss-reactive ketones (excluding diaryl/α,β-unsaturated/α-hetero) is 1. The monoisotopic (exact) mass is 406 g/mol. The van der Waals surface area contributed by atoms with E-state index in [0.717, 1.165) is 31.2 Å². The summed E-state index contributed by atoms with van der Waals surface area (Å²) in [5.41, 5.74) is 1.28. The number of aliphatic hydroxyl groups is 1. The summed E-state index contributed by atoms with van der Waals surface area (Å²) in [5, 5.41) is 11.2. The van der Waals surface area contributed by atoms with Gasteiger partial charge in [0.05, 0.1) is 11.6 Å². The van der Waals surface area contributed by atoms with Crippen LogP contribution in [0, 0.1) is 0 Å². The average molecular weight is 406 g/mol. The Morgan fingerprint density at radius 3 is 2.43 bits per heavy atom. The second kappa shape index (κ2) is 7.48. The number of carbonyl (C=O) groups excluding carboxylic acids is 2. The number of hydrogen-bond acceptors (Lipinski definition) is 6. The predicted octanol–water partition coefficient (Wildman–Crippen LogP) is 3.22. The van der Waals surface area contributed by atoms with E-state index in [1.165, 1.54) is 0 Å². The van der Waals surface area contributed by atoms with E-state index in [1.807, 2.05) is 0 Å². The van der Waals surface area contributed by atoms with Gasteiger partial charge in [0.1, 0.15) is 19.0 Å². The first-order valence-electron chi connectivity index (χ1n) is 10.2. The van der Waals surface area contributed by atoms with Crippen LogP contribution in [0.1, 0.15) is 42.9 Å². The van der Waals surface area contributed by atoms with Crippen molar-refractivity contribution in [2.24, 2.45) is 0 Å². The third kappa shape index (κ3) is 3.01. The predicted molar refractivity (Wildman–Crippen MR) is 108 cm³/mol. The number of amides is 1. The molecule has 30 heavy (non-hydrogen) atoms. The molecule has 1 aromatic heterocycles. The van der Waals surface area contributed by atoms with Crippen LogP contribution in [0.25, 0.3) is 5.76 Å². The molecule has 1 saturated heterocycles. The molecule has 154 valence electrons. The van der Waals surface area contributed by atoms with E-state index in [-0.39, 0.29) is 17.4 Å². The fraction of sp³-hybridized carbons (Fsp3) is 0.348. The van der Waals surface area contributed by atoms with Crippen molar-refractivity contribution in [3.05, 3.63) is 59.4 Å². The van der Waals surface area contributed by atoms with Crippen molar-refractivity contribution in [3.8, 4) is 11.5 Å². The highest BCUT2D eigenvalue weighted by atomic mass is 16.6. The molecule has 7 nitrogen and oxygen atoms in total. The number of nitrogens with zero attached hydrogens (tertiary/aromatic N) is 2. The molecule has 5 rings (SSSR count). The molecule has 7 heteroatoms. The SMILES string of the molecule is O=C1C(=O)N(C2CCCC2)C(c2ccncc2)/C1=C(/O)c1ccc2c(c1)OCCO2. The van der Waals surface area contributed by atoms with Gasteiger partial charge in [0.25, 0.3) is 11.7 Å². The van der Waals surface area contributed by atoms with Crippen molar-refractivity contribution in [1.29, 1.82) is 0 Å². The summed E-state index contributed by atoms with van der Waals surface area (Å²) in [6, 6.07) is 7.96. The standard InChI is InChI=1S/C23H22N2O5/c26-21(15-5-6-17-18(13-15)30-12-11-29-17)19-20(14-7-9-24-10-8-14)25(23(28)22(19)27)16-3-1-2-4-16/h5-10,13,16,20,26H,1-4,11-12H2/b21-19-. The minimum absolute atomic E-state index is 0.00909. The van der Waals surface area contributed by atoms with Crippen LogP contribution in [-0.2, 0) is 9.59 Å². The number of aliphatic hydroxyl groups excluding tert-OH is 1. The molecular formula is C23H22N2O5. The average Bonchev–Trinajstić information content (AvgIpc) is 3.40. The fourth-order valence-corrected chi connectivity index (χ4v) is 4.63. The molecule has 1 aliphatic carbocycles. The third-order valence-electron chi connectivity index (χ3n) is 6.04. The Hall–Kier alpha value is -3.35. The molecular weight excluding hydrogens is 384 g/mol. The Bertz CT molecular complexity index is 1030. The van der Waals surface area contributed by atoms with Crippen LogP contribution in [0.2, 0.25) is 0 Å². The Labute approximate surface area is 173 Å². The number of likely N-dealkylation sites (tertiary alicyclic amines) is 1. The number of benzene rings is 1. The maximum absolute atomic E-state index is 13.1. The zero-order valence-electron chi connectivity index (χ0n) is 16.4. The van der Waals surface area contributed by atoms with Crippen LogP contribution in [0.3, 0.4) is 0 Å². The first kappa shape index (κ1) is 18.7. The molecule has 1 amide bonds. The normalized spacial score (nSPS) is 23.2. The van der Waals surface area contributed by atoms with Crippen LogP contribution >= 0.6 is 0 Å². The zero-order valence-corrected chi connectivity index (χ0v) is 16.4. The smallest absolute Gasteiger partial charge is 0.295 e. The lowest BCUT2D eigenvalue weighted by molar-refractivity contribution is -0.141. The molecule has 0 bridgehead atoms. The molecule has 2 aliphatic heterocycles. The first-order valence-corrected chi connectivity index (χ1v) is 10.2. The lowest BCUT2D eigenvalue weighted by Gasteiger charge is -2.30. The Morgan fingerprint density at radius 2 is 1.70 bits per heavy atom. The van der Waals surface area contributed by atoms with Crippen molar-refractivity contribution < 1.29 is 24.2 Å². The maximum atomic E-state index is 13.1. The van der Waals surface area contributed by atoms with Gasteiger partial charge in [-0.05, 0) is 48.7 Å². The van der Waals surface area contributed by atoms with Crippen LogP contribution in [0.5, 0.6) is 11.5 Å². The summed E-state index contributed by atoms with van der Waals surface area (Å²) in [6.07, 6.45) is 7.04. The Balaban J connectivity index is 1.64. The Morgan fingerprint density at radius 1 is 1.00 bits per heavy atom. The lowest BCUT2D eigenvalue weighted by Crippen LogP contribution is -2.37. The van der Waals surface area contributed by atoms with Gasteiger partial charge >= 0.3 is 0 Å². The van der Waals surface area contributed by atoms with E-state index in [0.29, 0.717) is 30.3 Å². The molecule has 2 fully saturated rings. The molecule has 1 aromatic carbocycles. The van der Waals surface area contributed by atoms with Gasteiger partial charge in [-0.2, -0.15) is 0 Å². The molecule has 3 aliphatic rings. The number of hydrogen-bond donors (Lipinski definition) is 1. The number of rotatable bonds is 3. The maximum Gasteiger partial charge on any atom is 0.295 e. The molecule has 2 aromatic rings. The van der Waals surface area contributed by atoms with E-state index < -0.39 is 17.7 Å². The minimum Gasteiger partial charge on any atom is -0.507 e. The molecule has 0 radical (unpaired) electrons. The number of ketones is 1. The van der Waals surface area contributed by atoms with Crippen molar-refractivity contribution in [2.75, 3.05) is 13.2 Å². The van der Waals surface area contributed by atoms with Crippen LogP contribution in [-0.4, -0.2) is 45.9 Å². The fourth-order valence-electron chi connectivity index (χ4n) is 4.63. The number of aromatic nitrogens is 1. The summed E-state index contributed by atoms with van der Waals surface area (Å²) in [7, 11) is 0. The van der Waals surface area contributed by atoms with E-state index in [4.69, 9.17) is 9.47 Å². The van der Waals surface area contributed by atoms with E-state index in [2.05, 4.69) is 4.98 Å². The van der Waals surface area contributed by atoms with Crippen molar-refractivity contribution in [2.45, 2.75) is 37.8 Å². The van der Waals surface area contributed by atoms with Gasteiger partial charge < -0.3 is 19.5 Å². The molecule has 0 spiro atoms. The number of pyridine rings is 1. The van der Waals surface area contributed by atoms with Crippen molar-refractivity contribution >= 4 is 17.4 Å². The summed E-state index contributed by atoms with van der Waals surface area (Å²) in [4.78, 5) is 31.8. The third-order valence-corrected chi connectivity index (χ3v) is 6.04. The van der Waals surface area contributed by atoms with Crippen molar-refractivity contribution in [1.82, 2.24) is 9.88 Å². The Kier molecular flexibility index (Phi) is 4.65. The summed E-state index contributed by atoms with van der Waals surface area (Å²) < 4.78 is 11.1. The first-order chi connectivity index (χ1) is 14.6. The van der Waals surface area contributed by atoms with E-state index in [9.17, 15) is 14.7 Å².